The summed E-state index contributed by atoms with van der Waals surface area (Å²) in [5.74, 6) is 0. The average Bonchev–Trinajstić information content (AvgIpc) is 2.07. The Morgan fingerprint density at radius 3 is 2.54 bits per heavy atom. The number of halogens is 3. The van der Waals surface area contributed by atoms with E-state index in [2.05, 4.69) is 52.8 Å². The second kappa shape index (κ2) is 3.67. The van der Waals surface area contributed by atoms with Gasteiger partial charge in [0.25, 0.3) is 0 Å². The summed E-state index contributed by atoms with van der Waals surface area (Å²) in [6.45, 7) is 0. The third kappa shape index (κ3) is 1.80. The maximum Gasteiger partial charge on any atom is 0.0856 e. The number of fused-ring (bicyclic) bond motifs is 1. The molecule has 0 aliphatic rings. The van der Waals surface area contributed by atoms with E-state index in [0.29, 0.717) is 0 Å². The summed E-state index contributed by atoms with van der Waals surface area (Å²) in [5, 5.41) is 1.10. The minimum absolute atomic E-state index is 0.970. The molecule has 0 spiro atoms. The fraction of sp³-hybridized carbons (Fsp3) is 0. The molecule has 66 valence electrons. The Balaban J connectivity index is 2.94. The summed E-state index contributed by atoms with van der Waals surface area (Å²) in [6.07, 6.45) is 1.78. The Labute approximate surface area is 101 Å². The third-order valence-electron chi connectivity index (χ3n) is 1.71. The predicted molar refractivity (Wildman–Crippen MR) is 64.8 cm³/mol. The van der Waals surface area contributed by atoms with E-state index < -0.39 is 0 Å². The molecule has 1 nitrogen and oxygen atoms in total. The molecular formula is C9H4Br3N. The highest BCUT2D eigenvalue weighted by atomic mass is 79.9. The lowest BCUT2D eigenvalue weighted by Gasteiger charge is -2.02. The van der Waals surface area contributed by atoms with Crippen molar-refractivity contribution in [1.82, 2.24) is 4.98 Å². The highest BCUT2D eigenvalue weighted by Crippen LogP contribution is 2.30. The van der Waals surface area contributed by atoms with Crippen molar-refractivity contribution in [3.05, 3.63) is 37.8 Å². The number of rotatable bonds is 0. The first-order chi connectivity index (χ1) is 6.18. The molecule has 0 aliphatic carbocycles. The van der Waals surface area contributed by atoms with Gasteiger partial charge in [0.2, 0.25) is 0 Å². The number of nitrogens with zero attached hydrogens (tertiary/aromatic N) is 1. The fourth-order valence-corrected chi connectivity index (χ4v) is 2.89. The highest BCUT2D eigenvalue weighted by Gasteiger charge is 2.04. The van der Waals surface area contributed by atoms with Gasteiger partial charge in [-0.05, 0) is 34.1 Å². The molecule has 1 aromatic heterocycles. The highest BCUT2D eigenvalue weighted by molar-refractivity contribution is 9.11. The summed E-state index contributed by atoms with van der Waals surface area (Å²) in [6, 6.07) is 5.96. The van der Waals surface area contributed by atoms with E-state index in [1.165, 1.54) is 0 Å². The van der Waals surface area contributed by atoms with Crippen molar-refractivity contribution in [2.45, 2.75) is 0 Å². The Morgan fingerprint density at radius 1 is 1.00 bits per heavy atom. The normalized spacial score (nSPS) is 10.7. The molecule has 0 N–H and O–H groups in total. The van der Waals surface area contributed by atoms with Gasteiger partial charge < -0.3 is 0 Å². The van der Waals surface area contributed by atoms with Crippen molar-refractivity contribution in [1.29, 1.82) is 0 Å². The van der Waals surface area contributed by atoms with E-state index in [4.69, 9.17) is 0 Å². The van der Waals surface area contributed by atoms with Gasteiger partial charge in [-0.15, -0.1) is 0 Å². The maximum atomic E-state index is 4.28. The SMILES string of the molecule is Brc1cc(Br)c2nccc(Br)c2c1. The summed E-state index contributed by atoms with van der Waals surface area (Å²) in [5.41, 5.74) is 0.970. The number of hydrogen-bond donors (Lipinski definition) is 0. The van der Waals surface area contributed by atoms with Crippen LogP contribution in [0.5, 0.6) is 0 Å². The molecule has 4 heteroatoms. The predicted octanol–water partition coefficient (Wildman–Crippen LogP) is 4.52. The molecule has 0 saturated heterocycles. The summed E-state index contributed by atoms with van der Waals surface area (Å²) in [4.78, 5) is 4.28. The number of pyridine rings is 1. The minimum atomic E-state index is 0.970. The second-order valence-corrected chi connectivity index (χ2v) is 5.20. The van der Waals surface area contributed by atoms with E-state index in [0.717, 1.165) is 24.3 Å². The largest absolute Gasteiger partial charge is 0.255 e. The fourth-order valence-electron chi connectivity index (χ4n) is 1.15. The quantitative estimate of drug-likeness (QED) is 0.668. The first-order valence-corrected chi connectivity index (χ1v) is 5.95. The van der Waals surface area contributed by atoms with Crippen molar-refractivity contribution in [2.24, 2.45) is 0 Å². The van der Waals surface area contributed by atoms with Crippen LogP contribution in [0.15, 0.2) is 37.8 Å². The molecule has 0 aliphatic heterocycles. The molecule has 1 heterocycles. The molecule has 0 amide bonds. The summed E-state index contributed by atoms with van der Waals surface area (Å²) in [7, 11) is 0. The van der Waals surface area contributed by atoms with Crippen LogP contribution in [0.3, 0.4) is 0 Å². The molecule has 1 aromatic carbocycles. The van der Waals surface area contributed by atoms with Crippen LogP contribution in [0.4, 0.5) is 0 Å². The minimum Gasteiger partial charge on any atom is -0.255 e. The van der Waals surface area contributed by atoms with Crippen LogP contribution < -0.4 is 0 Å². The number of aromatic nitrogens is 1. The van der Waals surface area contributed by atoms with Crippen molar-refractivity contribution in [2.75, 3.05) is 0 Å². The van der Waals surface area contributed by atoms with E-state index in [-0.39, 0.29) is 0 Å². The number of hydrogen-bond acceptors (Lipinski definition) is 1. The molecule has 13 heavy (non-hydrogen) atoms. The van der Waals surface area contributed by atoms with Crippen molar-refractivity contribution >= 4 is 58.7 Å². The van der Waals surface area contributed by atoms with Crippen molar-refractivity contribution < 1.29 is 0 Å². The Kier molecular flexibility index (Phi) is 2.72. The average molecular weight is 366 g/mol. The first kappa shape index (κ1) is 9.62. The molecule has 2 rings (SSSR count). The van der Waals surface area contributed by atoms with Crippen molar-refractivity contribution in [3.63, 3.8) is 0 Å². The van der Waals surface area contributed by atoms with Gasteiger partial charge in [-0.1, -0.05) is 31.9 Å². The standard InChI is InChI=1S/C9H4Br3N/c10-5-3-6-7(11)1-2-13-9(6)8(12)4-5/h1-4H. The molecule has 0 bridgehead atoms. The number of benzene rings is 1. The van der Waals surface area contributed by atoms with Crippen LogP contribution in [0, 0.1) is 0 Å². The molecular weight excluding hydrogens is 362 g/mol. The summed E-state index contributed by atoms with van der Waals surface area (Å²) < 4.78 is 3.10. The van der Waals surface area contributed by atoms with Crippen molar-refractivity contribution in [3.8, 4) is 0 Å². The maximum absolute atomic E-state index is 4.28. The lowest BCUT2D eigenvalue weighted by atomic mass is 10.2. The van der Waals surface area contributed by atoms with Gasteiger partial charge in [-0.3, -0.25) is 4.98 Å². The lowest BCUT2D eigenvalue weighted by molar-refractivity contribution is 1.39. The molecule has 0 atom stereocenters. The van der Waals surface area contributed by atoms with Gasteiger partial charge in [0.1, 0.15) is 0 Å². The van der Waals surface area contributed by atoms with E-state index in [9.17, 15) is 0 Å². The van der Waals surface area contributed by atoms with E-state index in [1.807, 2.05) is 18.2 Å². The van der Waals surface area contributed by atoms with Gasteiger partial charge in [0, 0.05) is 25.0 Å². The van der Waals surface area contributed by atoms with Gasteiger partial charge in [-0.2, -0.15) is 0 Å². The van der Waals surface area contributed by atoms with E-state index in [1.54, 1.807) is 6.20 Å². The van der Waals surface area contributed by atoms with Crippen LogP contribution in [0.1, 0.15) is 0 Å². The Morgan fingerprint density at radius 2 is 1.77 bits per heavy atom. The molecule has 2 aromatic rings. The van der Waals surface area contributed by atoms with Crippen LogP contribution in [0.2, 0.25) is 0 Å². The van der Waals surface area contributed by atoms with Gasteiger partial charge in [0.15, 0.2) is 0 Å². The monoisotopic (exact) mass is 363 g/mol. The van der Waals surface area contributed by atoms with Crippen LogP contribution >= 0.6 is 47.8 Å². The first-order valence-electron chi connectivity index (χ1n) is 3.58. The topological polar surface area (TPSA) is 12.9 Å². The van der Waals surface area contributed by atoms with Crippen LogP contribution in [0.25, 0.3) is 10.9 Å². The molecule has 0 saturated carbocycles. The molecule has 0 unspecified atom stereocenters. The molecule has 0 radical (unpaired) electrons. The zero-order valence-corrected chi connectivity index (χ0v) is 11.1. The van der Waals surface area contributed by atoms with Gasteiger partial charge in [-0.25, -0.2) is 0 Å². The second-order valence-electron chi connectivity index (χ2n) is 2.58. The Bertz CT molecular complexity index is 468. The Hall–Kier alpha value is 0.0700. The molecule has 0 fully saturated rings. The zero-order valence-electron chi connectivity index (χ0n) is 6.39. The van der Waals surface area contributed by atoms with Gasteiger partial charge in [0.05, 0.1) is 5.52 Å². The van der Waals surface area contributed by atoms with E-state index >= 15 is 0 Å². The zero-order chi connectivity index (χ0) is 9.42. The third-order valence-corrected chi connectivity index (χ3v) is 3.46. The van der Waals surface area contributed by atoms with Gasteiger partial charge >= 0.3 is 0 Å². The van der Waals surface area contributed by atoms with Crippen LogP contribution in [-0.2, 0) is 0 Å². The summed E-state index contributed by atoms with van der Waals surface area (Å²) >= 11 is 10.4. The van der Waals surface area contributed by atoms with Crippen LogP contribution in [-0.4, -0.2) is 4.98 Å². The lowest BCUT2D eigenvalue weighted by Crippen LogP contribution is -1.81. The smallest absolute Gasteiger partial charge is 0.0856 e.